The summed E-state index contributed by atoms with van der Waals surface area (Å²) in [5.74, 6) is -0.518. The SMILES string of the molecule is CC1CN(C(=O)c2ccc(OC(F)(F)F)cc2)C(C)CN1. The minimum Gasteiger partial charge on any atom is -0.406 e. The lowest BCUT2D eigenvalue weighted by Crippen LogP contribution is -2.56. The summed E-state index contributed by atoms with van der Waals surface area (Å²) in [6.07, 6.45) is -4.73. The lowest BCUT2D eigenvalue weighted by molar-refractivity contribution is -0.274. The van der Waals surface area contributed by atoms with Gasteiger partial charge in [-0.25, -0.2) is 0 Å². The zero-order valence-electron chi connectivity index (χ0n) is 11.8. The van der Waals surface area contributed by atoms with Gasteiger partial charge in [0.15, 0.2) is 0 Å². The molecule has 0 spiro atoms. The Morgan fingerprint density at radius 1 is 1.29 bits per heavy atom. The number of halogens is 3. The number of rotatable bonds is 2. The molecule has 1 heterocycles. The molecular weight excluding hydrogens is 285 g/mol. The fourth-order valence-corrected chi connectivity index (χ4v) is 2.27. The molecule has 0 bridgehead atoms. The third-order valence-electron chi connectivity index (χ3n) is 3.36. The summed E-state index contributed by atoms with van der Waals surface area (Å²) in [5, 5.41) is 3.26. The fraction of sp³-hybridized carbons (Fsp3) is 0.500. The summed E-state index contributed by atoms with van der Waals surface area (Å²) in [6, 6.07) is 5.23. The topological polar surface area (TPSA) is 41.6 Å². The van der Waals surface area contributed by atoms with E-state index in [2.05, 4.69) is 10.1 Å². The number of hydrogen-bond donors (Lipinski definition) is 1. The van der Waals surface area contributed by atoms with E-state index in [4.69, 9.17) is 0 Å². The molecule has 1 N–H and O–H groups in total. The Balaban J connectivity index is 2.09. The van der Waals surface area contributed by atoms with Crippen LogP contribution in [0.4, 0.5) is 13.2 Å². The molecule has 2 rings (SSSR count). The van der Waals surface area contributed by atoms with Gasteiger partial charge in [-0.1, -0.05) is 0 Å². The first-order chi connectivity index (χ1) is 9.76. The second kappa shape index (κ2) is 5.93. The van der Waals surface area contributed by atoms with Crippen molar-refractivity contribution in [2.75, 3.05) is 13.1 Å². The molecule has 2 atom stereocenters. The molecule has 4 nitrogen and oxygen atoms in total. The van der Waals surface area contributed by atoms with Crippen molar-refractivity contribution in [1.29, 1.82) is 0 Å². The molecule has 116 valence electrons. The predicted molar refractivity (Wildman–Crippen MR) is 71.1 cm³/mol. The van der Waals surface area contributed by atoms with E-state index in [-0.39, 0.29) is 23.7 Å². The quantitative estimate of drug-likeness (QED) is 0.912. The predicted octanol–water partition coefficient (Wildman–Crippen LogP) is 2.41. The van der Waals surface area contributed by atoms with Gasteiger partial charge in [0, 0.05) is 30.7 Å². The number of hydrogen-bond acceptors (Lipinski definition) is 3. The van der Waals surface area contributed by atoms with Gasteiger partial charge in [0.1, 0.15) is 5.75 Å². The van der Waals surface area contributed by atoms with E-state index in [0.717, 1.165) is 12.1 Å². The van der Waals surface area contributed by atoms with Gasteiger partial charge in [-0.3, -0.25) is 4.79 Å². The molecule has 1 amide bonds. The van der Waals surface area contributed by atoms with Crippen molar-refractivity contribution in [2.24, 2.45) is 0 Å². The minimum absolute atomic E-state index is 0.0415. The van der Waals surface area contributed by atoms with Crippen LogP contribution in [0.1, 0.15) is 24.2 Å². The molecule has 0 saturated carbocycles. The van der Waals surface area contributed by atoms with Crippen LogP contribution in [-0.2, 0) is 0 Å². The Bertz CT molecular complexity index is 502. The first-order valence-electron chi connectivity index (χ1n) is 6.66. The maximum absolute atomic E-state index is 12.4. The second-order valence-corrected chi connectivity index (χ2v) is 5.19. The van der Waals surface area contributed by atoms with Gasteiger partial charge in [0.05, 0.1) is 0 Å². The summed E-state index contributed by atoms with van der Waals surface area (Å²) < 4.78 is 40.0. The monoisotopic (exact) mass is 302 g/mol. The van der Waals surface area contributed by atoms with E-state index in [1.165, 1.54) is 12.1 Å². The third kappa shape index (κ3) is 4.10. The highest BCUT2D eigenvalue weighted by molar-refractivity contribution is 5.94. The third-order valence-corrected chi connectivity index (χ3v) is 3.36. The summed E-state index contributed by atoms with van der Waals surface area (Å²) >= 11 is 0. The number of amides is 1. The van der Waals surface area contributed by atoms with E-state index in [1.54, 1.807) is 4.90 Å². The van der Waals surface area contributed by atoms with Crippen LogP contribution in [0.25, 0.3) is 0 Å². The lowest BCUT2D eigenvalue weighted by Gasteiger charge is -2.37. The standard InChI is InChI=1S/C14H17F3N2O2/c1-9-8-19(10(2)7-18-9)13(20)11-3-5-12(6-4-11)21-14(15,16)17/h3-6,9-10,18H,7-8H2,1-2H3. The summed E-state index contributed by atoms with van der Waals surface area (Å²) in [6.45, 7) is 5.17. The number of nitrogens with one attached hydrogen (secondary N) is 1. The normalized spacial score (nSPS) is 23.0. The fourth-order valence-electron chi connectivity index (χ4n) is 2.27. The Labute approximate surface area is 120 Å². The molecule has 1 aromatic carbocycles. The molecule has 0 radical (unpaired) electrons. The van der Waals surface area contributed by atoms with Gasteiger partial charge < -0.3 is 15.0 Å². The Hall–Kier alpha value is -1.76. The molecule has 1 aromatic rings. The van der Waals surface area contributed by atoms with Crippen LogP contribution in [0.3, 0.4) is 0 Å². The number of carbonyl (C=O) groups is 1. The van der Waals surface area contributed by atoms with Gasteiger partial charge in [-0.2, -0.15) is 0 Å². The number of carbonyl (C=O) groups excluding carboxylic acids is 1. The van der Waals surface area contributed by atoms with Crippen molar-refractivity contribution in [3.63, 3.8) is 0 Å². The molecule has 21 heavy (non-hydrogen) atoms. The van der Waals surface area contributed by atoms with Crippen LogP contribution in [0.5, 0.6) is 5.75 Å². The first kappa shape index (κ1) is 15.6. The maximum atomic E-state index is 12.4. The van der Waals surface area contributed by atoms with E-state index >= 15 is 0 Å². The average Bonchev–Trinajstić information content (AvgIpc) is 2.40. The van der Waals surface area contributed by atoms with E-state index < -0.39 is 6.36 Å². The lowest BCUT2D eigenvalue weighted by atomic mass is 10.1. The van der Waals surface area contributed by atoms with Gasteiger partial charge >= 0.3 is 6.36 Å². The molecule has 7 heteroatoms. The van der Waals surface area contributed by atoms with Crippen molar-refractivity contribution < 1.29 is 22.7 Å². The van der Waals surface area contributed by atoms with Crippen molar-refractivity contribution in [1.82, 2.24) is 10.2 Å². The van der Waals surface area contributed by atoms with Crippen molar-refractivity contribution in [2.45, 2.75) is 32.3 Å². The van der Waals surface area contributed by atoms with Crippen LogP contribution in [0.2, 0.25) is 0 Å². The highest BCUT2D eigenvalue weighted by Gasteiger charge is 2.31. The molecule has 2 unspecified atom stereocenters. The molecule has 1 aliphatic rings. The highest BCUT2D eigenvalue weighted by Crippen LogP contribution is 2.23. The largest absolute Gasteiger partial charge is 0.573 e. The molecule has 1 aliphatic heterocycles. The molecule has 1 fully saturated rings. The summed E-state index contributed by atoms with van der Waals surface area (Å²) in [7, 11) is 0. The van der Waals surface area contributed by atoms with Gasteiger partial charge in [-0.15, -0.1) is 13.2 Å². The van der Waals surface area contributed by atoms with Crippen molar-refractivity contribution in [3.8, 4) is 5.75 Å². The zero-order valence-corrected chi connectivity index (χ0v) is 11.8. The van der Waals surface area contributed by atoms with Crippen LogP contribution in [0, 0.1) is 0 Å². The number of benzene rings is 1. The van der Waals surface area contributed by atoms with Crippen LogP contribution in [-0.4, -0.2) is 42.3 Å². The molecular formula is C14H17F3N2O2. The highest BCUT2D eigenvalue weighted by atomic mass is 19.4. The Morgan fingerprint density at radius 3 is 2.48 bits per heavy atom. The first-order valence-corrected chi connectivity index (χ1v) is 6.66. The van der Waals surface area contributed by atoms with E-state index in [9.17, 15) is 18.0 Å². The number of piperazine rings is 1. The Kier molecular flexibility index (Phi) is 4.41. The average molecular weight is 302 g/mol. The number of alkyl halides is 3. The van der Waals surface area contributed by atoms with Gasteiger partial charge in [0.25, 0.3) is 5.91 Å². The summed E-state index contributed by atoms with van der Waals surface area (Å²) in [5.41, 5.74) is 0.352. The summed E-state index contributed by atoms with van der Waals surface area (Å²) in [4.78, 5) is 14.1. The maximum Gasteiger partial charge on any atom is 0.573 e. The second-order valence-electron chi connectivity index (χ2n) is 5.19. The zero-order chi connectivity index (χ0) is 15.6. The van der Waals surface area contributed by atoms with Crippen LogP contribution >= 0.6 is 0 Å². The molecule has 0 aliphatic carbocycles. The molecule has 1 saturated heterocycles. The van der Waals surface area contributed by atoms with Gasteiger partial charge in [-0.05, 0) is 38.1 Å². The van der Waals surface area contributed by atoms with Crippen molar-refractivity contribution in [3.05, 3.63) is 29.8 Å². The van der Waals surface area contributed by atoms with E-state index in [0.29, 0.717) is 18.7 Å². The smallest absolute Gasteiger partial charge is 0.406 e. The minimum atomic E-state index is -4.73. The van der Waals surface area contributed by atoms with E-state index in [1.807, 2.05) is 13.8 Å². The Morgan fingerprint density at radius 2 is 1.90 bits per heavy atom. The number of nitrogens with zero attached hydrogens (tertiary/aromatic N) is 1. The molecule has 0 aromatic heterocycles. The van der Waals surface area contributed by atoms with Crippen LogP contribution in [0.15, 0.2) is 24.3 Å². The van der Waals surface area contributed by atoms with Gasteiger partial charge in [0.2, 0.25) is 0 Å². The van der Waals surface area contributed by atoms with Crippen LogP contribution < -0.4 is 10.1 Å². The van der Waals surface area contributed by atoms with Crippen molar-refractivity contribution >= 4 is 5.91 Å². The number of ether oxygens (including phenoxy) is 1.